The lowest BCUT2D eigenvalue weighted by atomic mass is 10.0. The van der Waals surface area contributed by atoms with Gasteiger partial charge in [-0.25, -0.2) is 9.78 Å². The van der Waals surface area contributed by atoms with Crippen LogP contribution < -0.4 is 5.32 Å². The van der Waals surface area contributed by atoms with Gasteiger partial charge < -0.3 is 24.9 Å². The number of likely N-dealkylation sites (tertiary alicyclic amines) is 1. The molecule has 1 aromatic carbocycles. The van der Waals surface area contributed by atoms with Gasteiger partial charge in [0.15, 0.2) is 0 Å². The molecule has 1 saturated heterocycles. The highest BCUT2D eigenvalue weighted by atomic mass is 16.5. The van der Waals surface area contributed by atoms with Crippen LogP contribution in [-0.4, -0.2) is 51.5 Å². The lowest BCUT2D eigenvalue weighted by molar-refractivity contribution is -0.135. The number of H-pyrrole nitrogens is 2. The highest BCUT2D eigenvalue weighted by Gasteiger charge is 2.37. The number of fused-ring (bicyclic) bond motifs is 1. The summed E-state index contributed by atoms with van der Waals surface area (Å²) in [4.78, 5) is 38.4. The van der Waals surface area contributed by atoms with Crippen molar-refractivity contribution in [3.05, 3.63) is 41.5 Å². The Labute approximate surface area is 187 Å². The van der Waals surface area contributed by atoms with Crippen molar-refractivity contribution < 1.29 is 14.3 Å². The number of aromatic amines is 2. The van der Waals surface area contributed by atoms with E-state index in [1.54, 1.807) is 0 Å². The number of carbonyl (C=O) groups excluding carboxylic acids is 2. The van der Waals surface area contributed by atoms with E-state index in [0.29, 0.717) is 6.54 Å². The molecule has 1 fully saturated rings. The van der Waals surface area contributed by atoms with Gasteiger partial charge in [0.2, 0.25) is 5.91 Å². The molecule has 1 aliphatic rings. The third-order valence-electron chi connectivity index (χ3n) is 6.37. The van der Waals surface area contributed by atoms with E-state index in [4.69, 9.17) is 4.74 Å². The molecule has 3 heterocycles. The molecule has 4 rings (SSSR count). The first-order valence-corrected chi connectivity index (χ1v) is 11.1. The molecule has 2 aromatic heterocycles. The fourth-order valence-corrected chi connectivity index (χ4v) is 4.68. The summed E-state index contributed by atoms with van der Waals surface area (Å²) in [6, 6.07) is 3.42. The Balaban J connectivity index is 1.62. The SMILES string of the molecule is COC(=O)N[C@H](C(=O)N1CCC[C@H]1c1ncc(-c2ccc(C)c3c(C)c[nH]c23)[nH]1)C(C)C. The minimum atomic E-state index is -0.642. The van der Waals surface area contributed by atoms with Crippen LogP contribution >= 0.6 is 0 Å². The summed E-state index contributed by atoms with van der Waals surface area (Å²) in [7, 11) is 1.30. The van der Waals surface area contributed by atoms with E-state index in [9.17, 15) is 9.59 Å². The zero-order valence-electron chi connectivity index (χ0n) is 19.3. The van der Waals surface area contributed by atoms with Crippen LogP contribution in [0.1, 0.15) is 49.7 Å². The summed E-state index contributed by atoms with van der Waals surface area (Å²) in [5.41, 5.74) is 5.50. The van der Waals surface area contributed by atoms with Gasteiger partial charge in [0.25, 0.3) is 0 Å². The van der Waals surface area contributed by atoms with Gasteiger partial charge in [-0.05, 0) is 43.7 Å². The Morgan fingerprint density at radius 2 is 2.03 bits per heavy atom. The van der Waals surface area contributed by atoms with E-state index in [1.165, 1.54) is 23.6 Å². The van der Waals surface area contributed by atoms with Gasteiger partial charge in [0.05, 0.1) is 30.6 Å². The summed E-state index contributed by atoms with van der Waals surface area (Å²) < 4.78 is 4.71. The second-order valence-electron chi connectivity index (χ2n) is 8.88. The highest BCUT2D eigenvalue weighted by molar-refractivity contribution is 5.97. The maximum absolute atomic E-state index is 13.3. The minimum Gasteiger partial charge on any atom is -0.453 e. The Morgan fingerprint density at radius 1 is 1.25 bits per heavy atom. The number of amides is 2. The predicted octanol–water partition coefficient (Wildman–Crippen LogP) is 4.22. The third kappa shape index (κ3) is 3.85. The topological polar surface area (TPSA) is 103 Å². The second-order valence-corrected chi connectivity index (χ2v) is 8.88. The first kappa shape index (κ1) is 21.9. The number of alkyl carbamates (subject to hydrolysis) is 1. The quantitative estimate of drug-likeness (QED) is 0.556. The number of carbonyl (C=O) groups is 2. The Kier molecular flexibility index (Phi) is 5.95. The minimum absolute atomic E-state index is 0.0630. The zero-order valence-corrected chi connectivity index (χ0v) is 19.3. The standard InChI is InChI=1S/C24H31N5O3/c1-13(2)20(28-24(31)32-5)23(30)29-10-6-7-18(29)22-26-12-17(27-22)16-9-8-14(3)19-15(4)11-25-21(16)19/h8-9,11-13,18,20,25H,6-7,10H2,1-5H3,(H,26,27)(H,28,31)/t18-,20-/m0/s1. The first-order valence-electron chi connectivity index (χ1n) is 11.1. The van der Waals surface area contributed by atoms with Gasteiger partial charge in [0.1, 0.15) is 11.9 Å². The lowest BCUT2D eigenvalue weighted by Gasteiger charge is -2.30. The number of ether oxygens (including phenoxy) is 1. The van der Waals surface area contributed by atoms with Crippen LogP contribution in [0, 0.1) is 19.8 Å². The Morgan fingerprint density at radius 3 is 2.75 bits per heavy atom. The average molecular weight is 438 g/mol. The van der Waals surface area contributed by atoms with Crippen LogP contribution in [0.5, 0.6) is 0 Å². The van der Waals surface area contributed by atoms with Gasteiger partial charge in [0, 0.05) is 23.7 Å². The fraction of sp³-hybridized carbons (Fsp3) is 0.458. The number of methoxy groups -OCH3 is 1. The number of aromatic nitrogens is 3. The number of nitrogens with one attached hydrogen (secondary N) is 3. The summed E-state index contributed by atoms with van der Waals surface area (Å²) in [5.74, 6) is 0.596. The van der Waals surface area contributed by atoms with Crippen molar-refractivity contribution in [1.29, 1.82) is 0 Å². The van der Waals surface area contributed by atoms with E-state index < -0.39 is 12.1 Å². The zero-order chi connectivity index (χ0) is 23.0. The Bertz CT molecular complexity index is 1150. The monoisotopic (exact) mass is 437 g/mol. The summed E-state index contributed by atoms with van der Waals surface area (Å²) in [5, 5.41) is 3.91. The van der Waals surface area contributed by atoms with Crippen LogP contribution in [0.25, 0.3) is 22.2 Å². The number of benzene rings is 1. The van der Waals surface area contributed by atoms with Crippen molar-refractivity contribution in [2.24, 2.45) is 5.92 Å². The van der Waals surface area contributed by atoms with E-state index in [1.807, 2.05) is 31.1 Å². The smallest absolute Gasteiger partial charge is 0.407 e. The highest BCUT2D eigenvalue weighted by Crippen LogP contribution is 2.35. The van der Waals surface area contributed by atoms with Crippen LogP contribution in [0.15, 0.2) is 24.5 Å². The molecule has 32 heavy (non-hydrogen) atoms. The molecule has 0 bridgehead atoms. The number of nitrogens with zero attached hydrogens (tertiary/aromatic N) is 2. The van der Waals surface area contributed by atoms with Gasteiger partial charge in [-0.15, -0.1) is 0 Å². The first-order chi connectivity index (χ1) is 15.3. The largest absolute Gasteiger partial charge is 0.453 e. The summed E-state index contributed by atoms with van der Waals surface area (Å²) in [6.07, 6.45) is 4.98. The van der Waals surface area contributed by atoms with Crippen LogP contribution in [0.4, 0.5) is 4.79 Å². The van der Waals surface area contributed by atoms with Crippen molar-refractivity contribution in [3.8, 4) is 11.3 Å². The fourth-order valence-electron chi connectivity index (χ4n) is 4.68. The van der Waals surface area contributed by atoms with Gasteiger partial charge >= 0.3 is 6.09 Å². The number of imidazole rings is 1. The molecule has 0 unspecified atom stereocenters. The summed E-state index contributed by atoms with van der Waals surface area (Å²) >= 11 is 0. The predicted molar refractivity (Wildman–Crippen MR) is 123 cm³/mol. The average Bonchev–Trinajstić information content (AvgIpc) is 3.51. The number of aryl methyl sites for hydroxylation is 2. The molecular weight excluding hydrogens is 406 g/mol. The van der Waals surface area contributed by atoms with Gasteiger partial charge in [-0.2, -0.15) is 0 Å². The molecule has 170 valence electrons. The van der Waals surface area contributed by atoms with Crippen molar-refractivity contribution in [2.75, 3.05) is 13.7 Å². The molecule has 0 saturated carbocycles. The van der Waals surface area contributed by atoms with Crippen LogP contribution in [0.2, 0.25) is 0 Å². The van der Waals surface area contributed by atoms with E-state index in [0.717, 1.165) is 35.4 Å². The number of rotatable bonds is 5. The summed E-state index contributed by atoms with van der Waals surface area (Å²) in [6.45, 7) is 8.67. The molecule has 2 atom stereocenters. The molecule has 0 radical (unpaired) electrons. The maximum Gasteiger partial charge on any atom is 0.407 e. The second kappa shape index (κ2) is 8.68. The van der Waals surface area contributed by atoms with Gasteiger partial charge in [-0.3, -0.25) is 4.79 Å². The molecular formula is C24H31N5O3. The number of hydrogen-bond donors (Lipinski definition) is 3. The van der Waals surface area contributed by atoms with Crippen molar-refractivity contribution in [2.45, 2.75) is 52.6 Å². The lowest BCUT2D eigenvalue weighted by Crippen LogP contribution is -2.51. The molecule has 1 aliphatic heterocycles. The third-order valence-corrected chi connectivity index (χ3v) is 6.37. The van der Waals surface area contributed by atoms with E-state index >= 15 is 0 Å². The molecule has 3 N–H and O–H groups in total. The van der Waals surface area contributed by atoms with Gasteiger partial charge in [-0.1, -0.05) is 26.0 Å². The molecule has 2 amide bonds. The molecule has 8 nitrogen and oxygen atoms in total. The van der Waals surface area contributed by atoms with Crippen molar-refractivity contribution in [3.63, 3.8) is 0 Å². The molecule has 0 aliphatic carbocycles. The van der Waals surface area contributed by atoms with Crippen LogP contribution in [0.3, 0.4) is 0 Å². The number of hydrogen-bond acceptors (Lipinski definition) is 4. The van der Waals surface area contributed by atoms with Crippen LogP contribution in [-0.2, 0) is 9.53 Å². The van der Waals surface area contributed by atoms with E-state index in [-0.39, 0.29) is 17.9 Å². The Hall–Kier alpha value is -3.29. The molecule has 3 aromatic rings. The molecule has 0 spiro atoms. The van der Waals surface area contributed by atoms with Crippen molar-refractivity contribution >= 4 is 22.9 Å². The molecule has 8 heteroatoms. The maximum atomic E-state index is 13.3. The van der Waals surface area contributed by atoms with Crippen molar-refractivity contribution in [1.82, 2.24) is 25.2 Å². The van der Waals surface area contributed by atoms with E-state index in [2.05, 4.69) is 46.2 Å². The normalized spacial score (nSPS) is 17.2.